The topological polar surface area (TPSA) is 82.0 Å². The monoisotopic (exact) mass is 529 g/mol. The lowest BCUT2D eigenvalue weighted by Crippen LogP contribution is -2.35. The van der Waals surface area contributed by atoms with Gasteiger partial charge in [0.1, 0.15) is 22.0 Å². The van der Waals surface area contributed by atoms with Crippen LogP contribution in [0.15, 0.2) is 36.4 Å². The molecule has 0 heterocycles. The van der Waals surface area contributed by atoms with E-state index in [4.69, 9.17) is 34.8 Å². The Morgan fingerprint density at radius 1 is 1.24 bits per heavy atom. The Balaban J connectivity index is 1.55. The van der Waals surface area contributed by atoms with E-state index in [2.05, 4.69) is 16.7 Å². The number of alkyl halides is 4. The Bertz CT molecular complexity index is 1210. The fourth-order valence-corrected chi connectivity index (χ4v) is 5.23. The molecule has 2 saturated carbocycles. The fourth-order valence-electron chi connectivity index (χ4n) is 4.05. The number of rotatable bonds is 8. The highest BCUT2D eigenvalue weighted by atomic mass is 35.5. The Morgan fingerprint density at radius 3 is 2.53 bits per heavy atom. The molecule has 4 rings (SSSR count). The zero-order valence-corrected chi connectivity index (χ0v) is 19.6. The molecular formula is C23H17Cl3F3N3O2. The zero-order chi connectivity index (χ0) is 24.9. The molecule has 2 aliphatic rings. The van der Waals surface area contributed by atoms with E-state index in [0.29, 0.717) is 30.9 Å². The van der Waals surface area contributed by atoms with Crippen molar-refractivity contribution in [3.63, 3.8) is 0 Å². The van der Waals surface area contributed by atoms with E-state index in [1.807, 2.05) is 0 Å². The average Bonchev–Trinajstić information content (AvgIpc) is 3.66. The first-order valence-corrected chi connectivity index (χ1v) is 11.3. The second-order valence-electron chi connectivity index (χ2n) is 8.53. The SMILES string of the molecule is N#CC1(NC(=O)c2cc(NCC3(C=O)C(c4cc(F)cc(C(F)F)c4)C3(Cl)Cl)ccc2Cl)CC1. The molecule has 2 N–H and O–H groups in total. The largest absolute Gasteiger partial charge is 0.384 e. The van der Waals surface area contributed by atoms with Crippen LogP contribution in [-0.4, -0.2) is 28.6 Å². The van der Waals surface area contributed by atoms with Crippen LogP contribution in [0.3, 0.4) is 0 Å². The number of amides is 1. The van der Waals surface area contributed by atoms with Gasteiger partial charge in [-0.25, -0.2) is 13.2 Å². The Labute approximate surface area is 208 Å². The third kappa shape index (κ3) is 4.21. The van der Waals surface area contributed by atoms with Gasteiger partial charge in [-0.15, -0.1) is 0 Å². The maximum Gasteiger partial charge on any atom is 0.263 e. The molecule has 5 nitrogen and oxygen atoms in total. The van der Waals surface area contributed by atoms with Gasteiger partial charge in [-0.05, 0) is 54.8 Å². The molecule has 0 saturated heterocycles. The molecule has 34 heavy (non-hydrogen) atoms. The molecule has 0 aromatic heterocycles. The number of carbonyl (C=O) groups excluding carboxylic acids is 2. The van der Waals surface area contributed by atoms with Gasteiger partial charge in [0.15, 0.2) is 0 Å². The van der Waals surface area contributed by atoms with Crippen molar-refractivity contribution in [2.24, 2.45) is 5.41 Å². The summed E-state index contributed by atoms with van der Waals surface area (Å²) in [6.07, 6.45) is -1.29. The van der Waals surface area contributed by atoms with Gasteiger partial charge >= 0.3 is 0 Å². The molecule has 178 valence electrons. The molecule has 2 unspecified atom stereocenters. The summed E-state index contributed by atoms with van der Waals surface area (Å²) in [4.78, 5) is 24.7. The van der Waals surface area contributed by atoms with Crippen LogP contribution >= 0.6 is 34.8 Å². The summed E-state index contributed by atoms with van der Waals surface area (Å²) in [6, 6.07) is 9.35. The van der Waals surface area contributed by atoms with Crippen LogP contribution in [0.5, 0.6) is 0 Å². The van der Waals surface area contributed by atoms with Crippen LogP contribution in [0.4, 0.5) is 18.9 Å². The molecule has 2 aromatic rings. The van der Waals surface area contributed by atoms with Gasteiger partial charge < -0.3 is 15.4 Å². The predicted octanol–water partition coefficient (Wildman–Crippen LogP) is 5.77. The van der Waals surface area contributed by atoms with Gasteiger partial charge in [-0.3, -0.25) is 4.79 Å². The average molecular weight is 531 g/mol. The van der Waals surface area contributed by atoms with E-state index in [1.54, 1.807) is 6.07 Å². The smallest absolute Gasteiger partial charge is 0.263 e. The van der Waals surface area contributed by atoms with Crippen molar-refractivity contribution in [1.82, 2.24) is 5.32 Å². The number of carbonyl (C=O) groups is 2. The van der Waals surface area contributed by atoms with Crippen molar-refractivity contribution < 1.29 is 22.8 Å². The maximum absolute atomic E-state index is 13.9. The second-order valence-corrected chi connectivity index (χ2v) is 10.3. The number of benzene rings is 2. The lowest BCUT2D eigenvalue weighted by atomic mass is 9.98. The van der Waals surface area contributed by atoms with Crippen LogP contribution in [0.1, 0.15) is 46.7 Å². The highest BCUT2D eigenvalue weighted by Gasteiger charge is 2.76. The van der Waals surface area contributed by atoms with Crippen molar-refractivity contribution >= 4 is 52.7 Å². The quantitative estimate of drug-likeness (QED) is 0.335. The standard InChI is InChI=1S/C23H17Cl3F3N3O2/c24-17-2-1-15(8-16(17)20(34)32-21(9-30)3-4-21)31-10-22(11-33)18(23(22,25)26)12-5-13(19(28)29)7-14(27)6-12/h1-2,5-8,11,18-19,31H,3-4,10H2,(H,32,34). The first-order chi connectivity index (χ1) is 16.0. The van der Waals surface area contributed by atoms with E-state index in [0.717, 1.165) is 12.1 Å². The van der Waals surface area contributed by atoms with E-state index in [9.17, 15) is 28.0 Å². The van der Waals surface area contributed by atoms with Crippen molar-refractivity contribution in [2.45, 2.75) is 35.1 Å². The summed E-state index contributed by atoms with van der Waals surface area (Å²) in [5.74, 6) is -2.36. The van der Waals surface area contributed by atoms with Crippen LogP contribution in [0.25, 0.3) is 0 Å². The first kappa shape index (κ1) is 24.6. The van der Waals surface area contributed by atoms with Gasteiger partial charge in [0.25, 0.3) is 12.3 Å². The highest BCUT2D eigenvalue weighted by molar-refractivity contribution is 6.54. The Hall–Kier alpha value is -2.47. The van der Waals surface area contributed by atoms with Gasteiger partial charge in [-0.1, -0.05) is 34.8 Å². The van der Waals surface area contributed by atoms with E-state index >= 15 is 0 Å². The van der Waals surface area contributed by atoms with Crippen LogP contribution in [0, 0.1) is 22.6 Å². The third-order valence-corrected chi connectivity index (χ3v) is 7.74. The van der Waals surface area contributed by atoms with Crippen LogP contribution in [0.2, 0.25) is 5.02 Å². The number of hydrogen-bond donors (Lipinski definition) is 2. The fraction of sp³-hybridized carbons (Fsp3) is 0.348. The Kier molecular flexibility index (Phi) is 6.26. The van der Waals surface area contributed by atoms with E-state index < -0.39 is 44.9 Å². The predicted molar refractivity (Wildman–Crippen MR) is 122 cm³/mol. The van der Waals surface area contributed by atoms with Crippen molar-refractivity contribution in [3.8, 4) is 6.07 Å². The van der Waals surface area contributed by atoms with Crippen LogP contribution in [-0.2, 0) is 4.79 Å². The summed E-state index contributed by atoms with van der Waals surface area (Å²) in [7, 11) is 0. The number of hydrogen-bond acceptors (Lipinski definition) is 4. The second kappa shape index (κ2) is 8.63. The number of nitrogens with zero attached hydrogens (tertiary/aromatic N) is 1. The minimum Gasteiger partial charge on any atom is -0.384 e. The molecule has 2 aliphatic carbocycles. The molecule has 0 aliphatic heterocycles. The van der Waals surface area contributed by atoms with Crippen molar-refractivity contribution in [1.29, 1.82) is 5.26 Å². The molecule has 2 aromatic carbocycles. The highest BCUT2D eigenvalue weighted by Crippen LogP contribution is 2.73. The number of nitriles is 1. The van der Waals surface area contributed by atoms with Crippen molar-refractivity contribution in [2.75, 3.05) is 11.9 Å². The molecule has 2 fully saturated rings. The number of halogens is 6. The number of nitrogens with one attached hydrogen (secondary N) is 2. The lowest BCUT2D eigenvalue weighted by molar-refractivity contribution is -0.112. The first-order valence-electron chi connectivity index (χ1n) is 10.2. The number of aldehydes is 1. The van der Waals surface area contributed by atoms with Gasteiger partial charge in [-0.2, -0.15) is 5.26 Å². The summed E-state index contributed by atoms with van der Waals surface area (Å²) in [5, 5.41) is 15.0. The maximum atomic E-state index is 13.9. The van der Waals surface area contributed by atoms with Crippen molar-refractivity contribution in [3.05, 3.63) is 63.9 Å². The zero-order valence-electron chi connectivity index (χ0n) is 17.3. The third-order valence-electron chi connectivity index (χ3n) is 6.27. The lowest BCUT2D eigenvalue weighted by Gasteiger charge is -2.16. The summed E-state index contributed by atoms with van der Waals surface area (Å²) in [6.45, 7) is -0.125. The normalized spacial score (nSPS) is 23.6. The Morgan fingerprint density at radius 2 is 1.94 bits per heavy atom. The minimum atomic E-state index is -2.91. The number of anilines is 1. The molecule has 0 bridgehead atoms. The molecular weight excluding hydrogens is 514 g/mol. The molecule has 0 spiro atoms. The summed E-state index contributed by atoms with van der Waals surface area (Å²) < 4.78 is 38.5. The molecule has 0 radical (unpaired) electrons. The summed E-state index contributed by atoms with van der Waals surface area (Å²) in [5.41, 5.74) is -2.26. The van der Waals surface area contributed by atoms with E-state index in [1.165, 1.54) is 12.1 Å². The van der Waals surface area contributed by atoms with E-state index in [-0.39, 0.29) is 22.7 Å². The summed E-state index contributed by atoms with van der Waals surface area (Å²) >= 11 is 18.9. The van der Waals surface area contributed by atoms with Crippen LogP contribution < -0.4 is 10.6 Å². The molecule has 11 heteroatoms. The van der Waals surface area contributed by atoms with Gasteiger partial charge in [0.05, 0.1) is 22.1 Å². The molecule has 2 atom stereocenters. The van der Waals surface area contributed by atoms with Gasteiger partial charge in [0, 0.05) is 23.7 Å². The minimum absolute atomic E-state index is 0.0802. The molecule has 1 amide bonds. The van der Waals surface area contributed by atoms with Gasteiger partial charge in [0.2, 0.25) is 0 Å².